The van der Waals surface area contributed by atoms with Gasteiger partial charge in [0.2, 0.25) is 0 Å². The number of fused-ring (bicyclic) bond motifs is 1. The fraction of sp³-hybridized carbons (Fsp3) is 0.294. The molecule has 1 fully saturated rings. The van der Waals surface area contributed by atoms with Crippen LogP contribution in [0, 0.1) is 5.92 Å². The van der Waals surface area contributed by atoms with E-state index in [0.29, 0.717) is 10.9 Å². The highest BCUT2D eigenvalue weighted by Gasteiger charge is 2.17. The van der Waals surface area contributed by atoms with Crippen LogP contribution in [0.15, 0.2) is 41.2 Å². The molecular formula is C17H16ClN3O2. The van der Waals surface area contributed by atoms with E-state index >= 15 is 0 Å². The van der Waals surface area contributed by atoms with Crippen molar-refractivity contribution in [2.75, 3.05) is 25.1 Å². The number of rotatable bonds is 4. The highest BCUT2D eigenvalue weighted by atomic mass is 35.5. The van der Waals surface area contributed by atoms with Gasteiger partial charge in [-0.15, -0.1) is 10.2 Å². The summed E-state index contributed by atoms with van der Waals surface area (Å²) in [6, 6.07) is 7.55. The average Bonchev–Trinajstić information content (AvgIpc) is 3.25. The van der Waals surface area contributed by atoms with Crippen LogP contribution in [0.3, 0.4) is 0 Å². The molecule has 2 aromatic heterocycles. The molecule has 1 saturated heterocycles. The van der Waals surface area contributed by atoms with Gasteiger partial charge in [-0.1, -0.05) is 23.7 Å². The topological polar surface area (TPSA) is 60.2 Å². The Labute approximate surface area is 138 Å². The van der Waals surface area contributed by atoms with E-state index in [1.807, 2.05) is 24.3 Å². The van der Waals surface area contributed by atoms with Crippen LogP contribution in [-0.2, 0) is 4.74 Å². The first-order valence-corrected chi connectivity index (χ1v) is 7.99. The molecule has 0 saturated carbocycles. The predicted molar refractivity (Wildman–Crippen MR) is 89.7 cm³/mol. The van der Waals surface area contributed by atoms with Crippen molar-refractivity contribution in [3.8, 4) is 11.3 Å². The SMILES string of the molecule is Clc1ccc(-c2nnc(NCC3CCOC3)c3cocc23)cc1. The molecule has 1 N–H and O–H groups in total. The molecule has 0 bridgehead atoms. The molecule has 4 rings (SSSR count). The molecule has 23 heavy (non-hydrogen) atoms. The lowest BCUT2D eigenvalue weighted by molar-refractivity contribution is 0.187. The van der Waals surface area contributed by atoms with Gasteiger partial charge in [-0.3, -0.25) is 0 Å². The van der Waals surface area contributed by atoms with Crippen molar-refractivity contribution >= 4 is 28.2 Å². The molecule has 0 aliphatic carbocycles. The molecule has 5 nitrogen and oxygen atoms in total. The van der Waals surface area contributed by atoms with Crippen LogP contribution >= 0.6 is 11.6 Å². The summed E-state index contributed by atoms with van der Waals surface area (Å²) in [6.45, 7) is 2.47. The number of anilines is 1. The van der Waals surface area contributed by atoms with Crippen molar-refractivity contribution in [2.24, 2.45) is 5.92 Å². The summed E-state index contributed by atoms with van der Waals surface area (Å²) in [6.07, 6.45) is 4.49. The van der Waals surface area contributed by atoms with Crippen molar-refractivity contribution < 1.29 is 9.15 Å². The van der Waals surface area contributed by atoms with E-state index in [0.717, 1.165) is 54.0 Å². The maximum atomic E-state index is 5.95. The van der Waals surface area contributed by atoms with Gasteiger partial charge in [0.1, 0.15) is 18.2 Å². The molecule has 118 valence electrons. The van der Waals surface area contributed by atoms with Crippen LogP contribution < -0.4 is 5.32 Å². The summed E-state index contributed by atoms with van der Waals surface area (Å²) in [7, 11) is 0. The van der Waals surface area contributed by atoms with E-state index < -0.39 is 0 Å². The summed E-state index contributed by atoms with van der Waals surface area (Å²) in [5, 5.41) is 14.7. The molecule has 1 aliphatic heterocycles. The van der Waals surface area contributed by atoms with Gasteiger partial charge >= 0.3 is 0 Å². The summed E-state index contributed by atoms with van der Waals surface area (Å²) < 4.78 is 10.8. The van der Waals surface area contributed by atoms with E-state index in [9.17, 15) is 0 Å². The lowest BCUT2D eigenvalue weighted by Gasteiger charge is -2.11. The Morgan fingerprint density at radius 1 is 1.13 bits per heavy atom. The van der Waals surface area contributed by atoms with E-state index in [1.165, 1.54) is 0 Å². The molecule has 1 atom stereocenters. The van der Waals surface area contributed by atoms with Crippen LogP contribution in [0.5, 0.6) is 0 Å². The highest BCUT2D eigenvalue weighted by Crippen LogP contribution is 2.31. The third kappa shape index (κ3) is 2.90. The zero-order valence-electron chi connectivity index (χ0n) is 12.5. The summed E-state index contributed by atoms with van der Waals surface area (Å²) in [4.78, 5) is 0. The number of hydrogen-bond acceptors (Lipinski definition) is 5. The van der Waals surface area contributed by atoms with Crippen LogP contribution in [0.2, 0.25) is 5.02 Å². The molecule has 0 amide bonds. The molecule has 0 spiro atoms. The van der Waals surface area contributed by atoms with Gasteiger partial charge in [-0.2, -0.15) is 0 Å². The molecule has 1 unspecified atom stereocenters. The Morgan fingerprint density at radius 2 is 1.96 bits per heavy atom. The number of furan rings is 1. The quantitative estimate of drug-likeness (QED) is 0.784. The van der Waals surface area contributed by atoms with Gasteiger partial charge in [0.25, 0.3) is 0 Å². The van der Waals surface area contributed by atoms with E-state index in [4.69, 9.17) is 20.8 Å². The molecule has 3 heterocycles. The normalized spacial score (nSPS) is 17.7. The zero-order valence-corrected chi connectivity index (χ0v) is 13.2. The second-order valence-electron chi connectivity index (χ2n) is 5.71. The Hall–Kier alpha value is -2.11. The van der Waals surface area contributed by atoms with Gasteiger partial charge in [0.05, 0.1) is 17.4 Å². The van der Waals surface area contributed by atoms with Gasteiger partial charge < -0.3 is 14.5 Å². The van der Waals surface area contributed by atoms with Gasteiger partial charge in [0.15, 0.2) is 5.82 Å². The number of aromatic nitrogens is 2. The summed E-state index contributed by atoms with van der Waals surface area (Å²) in [5.41, 5.74) is 1.75. The minimum Gasteiger partial charge on any atom is -0.471 e. The van der Waals surface area contributed by atoms with Crippen molar-refractivity contribution in [1.82, 2.24) is 10.2 Å². The predicted octanol–water partition coefficient (Wildman–Crippen LogP) is 3.99. The Bertz CT molecular complexity index is 810. The molecule has 1 aliphatic rings. The second-order valence-corrected chi connectivity index (χ2v) is 6.15. The fourth-order valence-corrected chi connectivity index (χ4v) is 2.93. The number of hydrogen-bond donors (Lipinski definition) is 1. The number of halogens is 1. The lowest BCUT2D eigenvalue weighted by atomic mass is 10.1. The second kappa shape index (κ2) is 6.18. The molecular weight excluding hydrogens is 314 g/mol. The maximum absolute atomic E-state index is 5.95. The first kappa shape index (κ1) is 14.5. The fourth-order valence-electron chi connectivity index (χ4n) is 2.81. The third-order valence-corrected chi connectivity index (χ3v) is 4.37. The van der Waals surface area contributed by atoms with E-state index in [2.05, 4.69) is 15.5 Å². The maximum Gasteiger partial charge on any atom is 0.159 e. The number of nitrogens with zero attached hydrogens (tertiary/aromatic N) is 2. The number of benzene rings is 1. The smallest absolute Gasteiger partial charge is 0.159 e. The van der Waals surface area contributed by atoms with Crippen LogP contribution in [-0.4, -0.2) is 30.0 Å². The largest absolute Gasteiger partial charge is 0.471 e. The van der Waals surface area contributed by atoms with E-state index in [-0.39, 0.29) is 0 Å². The van der Waals surface area contributed by atoms with Crippen LogP contribution in [0.25, 0.3) is 22.0 Å². The van der Waals surface area contributed by atoms with E-state index in [1.54, 1.807) is 12.5 Å². The van der Waals surface area contributed by atoms with Gasteiger partial charge in [-0.05, 0) is 18.6 Å². The summed E-state index contributed by atoms with van der Waals surface area (Å²) >= 11 is 5.95. The average molecular weight is 330 g/mol. The van der Waals surface area contributed by atoms with Gasteiger partial charge in [0, 0.05) is 29.7 Å². The first-order valence-electron chi connectivity index (χ1n) is 7.61. The molecule has 3 aromatic rings. The van der Waals surface area contributed by atoms with Crippen LogP contribution in [0.4, 0.5) is 5.82 Å². The zero-order chi connectivity index (χ0) is 15.6. The van der Waals surface area contributed by atoms with Crippen molar-refractivity contribution in [2.45, 2.75) is 6.42 Å². The first-order chi connectivity index (χ1) is 11.3. The molecule has 1 aromatic carbocycles. The number of ether oxygens (including phenoxy) is 1. The highest BCUT2D eigenvalue weighted by molar-refractivity contribution is 6.30. The van der Waals surface area contributed by atoms with Crippen molar-refractivity contribution in [3.05, 3.63) is 41.8 Å². The monoisotopic (exact) mass is 329 g/mol. The summed E-state index contributed by atoms with van der Waals surface area (Å²) in [5.74, 6) is 1.27. The molecule has 0 radical (unpaired) electrons. The molecule has 6 heteroatoms. The minimum atomic E-state index is 0.523. The van der Waals surface area contributed by atoms with Gasteiger partial charge in [-0.25, -0.2) is 0 Å². The minimum absolute atomic E-state index is 0.523. The Kier molecular flexibility index (Phi) is 3.89. The third-order valence-electron chi connectivity index (χ3n) is 4.12. The Morgan fingerprint density at radius 3 is 2.74 bits per heavy atom. The lowest BCUT2D eigenvalue weighted by Crippen LogP contribution is -2.15. The van der Waals surface area contributed by atoms with Crippen molar-refractivity contribution in [3.63, 3.8) is 0 Å². The van der Waals surface area contributed by atoms with Crippen molar-refractivity contribution in [1.29, 1.82) is 0 Å². The standard InChI is InChI=1S/C17H16ClN3O2/c18-13-3-1-12(2-4-13)16-14-9-23-10-15(14)17(21-20-16)19-7-11-5-6-22-8-11/h1-4,9-11H,5-8H2,(H,19,21). The van der Waals surface area contributed by atoms with Crippen LogP contribution in [0.1, 0.15) is 6.42 Å². The Balaban J connectivity index is 1.65. The number of nitrogens with one attached hydrogen (secondary N) is 1.